The molecule has 0 aromatic heterocycles. The first-order valence-corrected chi connectivity index (χ1v) is 4.31. The van der Waals surface area contributed by atoms with Crippen LogP contribution >= 0.6 is 0 Å². The number of nitrogens with two attached hydrogens (primary N) is 2. The molecule has 1 rings (SSSR count). The molecule has 2 amide bonds. The first kappa shape index (κ1) is 14.3. The Morgan fingerprint density at radius 2 is 1.65 bits per heavy atom. The van der Waals surface area contributed by atoms with Gasteiger partial charge in [-0.1, -0.05) is 6.07 Å². The van der Waals surface area contributed by atoms with Gasteiger partial charge in [-0.15, -0.1) is 0 Å². The highest BCUT2D eigenvalue weighted by Gasteiger charge is 1.97. The zero-order chi connectivity index (χ0) is 13.4. The Labute approximate surface area is 96.6 Å². The number of phenols is 2. The van der Waals surface area contributed by atoms with Crippen LogP contribution in [0.1, 0.15) is 5.56 Å². The normalized spacial score (nSPS) is 9.41. The number of primary amides is 2. The Morgan fingerprint density at radius 3 is 2.06 bits per heavy atom. The second-order valence-corrected chi connectivity index (χ2v) is 2.82. The van der Waals surface area contributed by atoms with Crippen molar-refractivity contribution in [2.24, 2.45) is 11.5 Å². The highest BCUT2D eigenvalue weighted by Crippen LogP contribution is 2.25. The number of benzene rings is 1. The Balaban J connectivity index is 0.000000557. The van der Waals surface area contributed by atoms with E-state index in [2.05, 4.69) is 11.5 Å². The van der Waals surface area contributed by atoms with Crippen LogP contribution in [0, 0.1) is 0 Å². The summed E-state index contributed by atoms with van der Waals surface area (Å²) in [7, 11) is 0. The maximum Gasteiger partial charge on any atom is 0.328 e. The first-order valence-electron chi connectivity index (χ1n) is 4.31. The molecule has 17 heavy (non-hydrogen) atoms. The van der Waals surface area contributed by atoms with E-state index in [4.69, 9.17) is 20.1 Å². The minimum absolute atomic E-state index is 0.229. The lowest BCUT2D eigenvalue weighted by molar-refractivity contribution is -0.131. The van der Waals surface area contributed by atoms with Crippen LogP contribution in [0.5, 0.6) is 11.5 Å². The molecule has 0 aliphatic carbocycles. The third-order valence-corrected chi connectivity index (χ3v) is 1.42. The minimum atomic E-state index is -1.06. The van der Waals surface area contributed by atoms with E-state index < -0.39 is 12.0 Å². The topological polar surface area (TPSA) is 147 Å². The van der Waals surface area contributed by atoms with Gasteiger partial charge in [0.15, 0.2) is 11.5 Å². The number of rotatable bonds is 2. The van der Waals surface area contributed by atoms with Crippen LogP contribution in [0.2, 0.25) is 0 Å². The molecule has 0 aliphatic rings. The lowest BCUT2D eigenvalue weighted by Gasteiger charge is -1.97. The molecule has 92 valence electrons. The number of carboxylic acids is 1. The number of aliphatic carboxylic acids is 1. The van der Waals surface area contributed by atoms with E-state index in [1.807, 2.05) is 0 Å². The molecule has 7 heteroatoms. The van der Waals surface area contributed by atoms with E-state index in [9.17, 15) is 4.79 Å². The standard InChI is InChI=1S/C9H8O4.CH4N2O/c10-7-3-1-6(5-8(7)11)2-4-9(12)13;2-1(3)4/h1-5,10-11H,(H,12,13);(H4,2,3,4)/b4-2+;. The lowest BCUT2D eigenvalue weighted by Crippen LogP contribution is -2.18. The van der Waals surface area contributed by atoms with Gasteiger partial charge >= 0.3 is 12.0 Å². The third kappa shape index (κ3) is 7.25. The largest absolute Gasteiger partial charge is 0.504 e. The van der Waals surface area contributed by atoms with Crippen molar-refractivity contribution in [2.45, 2.75) is 0 Å². The predicted molar refractivity (Wildman–Crippen MR) is 60.2 cm³/mol. The number of carbonyl (C=O) groups is 2. The predicted octanol–water partition coefficient (Wildman–Crippen LogP) is 0.219. The van der Waals surface area contributed by atoms with Crippen molar-refractivity contribution in [1.82, 2.24) is 0 Å². The molecule has 0 radical (unpaired) electrons. The molecule has 0 atom stereocenters. The van der Waals surface area contributed by atoms with E-state index >= 15 is 0 Å². The summed E-state index contributed by atoms with van der Waals surface area (Å²) in [6, 6.07) is 3.22. The summed E-state index contributed by atoms with van der Waals surface area (Å²) in [5.74, 6) is -1.56. The van der Waals surface area contributed by atoms with Gasteiger partial charge in [0, 0.05) is 6.08 Å². The summed E-state index contributed by atoms with van der Waals surface area (Å²) in [5.41, 5.74) is 9.01. The fourth-order valence-electron chi connectivity index (χ4n) is 0.812. The molecule has 0 fully saturated rings. The molecule has 0 aliphatic heterocycles. The number of phenolic OH excluding ortho intramolecular Hbond substituents is 2. The van der Waals surface area contributed by atoms with Crippen LogP contribution in [0.15, 0.2) is 24.3 Å². The second-order valence-electron chi connectivity index (χ2n) is 2.82. The number of amides is 2. The number of aromatic hydroxyl groups is 2. The average Bonchev–Trinajstić information content (AvgIpc) is 2.19. The quantitative estimate of drug-likeness (QED) is 0.370. The first-order chi connectivity index (χ1) is 7.82. The highest BCUT2D eigenvalue weighted by molar-refractivity contribution is 5.85. The molecular formula is C10H12N2O5. The molecule has 0 heterocycles. The van der Waals surface area contributed by atoms with Crippen LogP contribution in [0.4, 0.5) is 4.79 Å². The fraction of sp³-hybridized carbons (Fsp3) is 0. The Bertz CT molecular complexity index is 438. The van der Waals surface area contributed by atoms with Gasteiger partial charge in [0.25, 0.3) is 0 Å². The fourth-order valence-corrected chi connectivity index (χ4v) is 0.812. The van der Waals surface area contributed by atoms with Crippen molar-refractivity contribution in [1.29, 1.82) is 0 Å². The van der Waals surface area contributed by atoms with Crippen LogP contribution in [0.25, 0.3) is 6.08 Å². The maximum atomic E-state index is 10.1. The number of urea groups is 1. The molecule has 0 bridgehead atoms. The molecule has 1 aromatic rings. The van der Waals surface area contributed by atoms with Gasteiger partial charge in [0.1, 0.15) is 0 Å². The Morgan fingerprint density at radius 1 is 1.12 bits per heavy atom. The molecule has 0 unspecified atom stereocenters. The number of hydrogen-bond donors (Lipinski definition) is 5. The minimum Gasteiger partial charge on any atom is -0.504 e. The molecule has 0 spiro atoms. The van der Waals surface area contributed by atoms with Crippen molar-refractivity contribution in [3.05, 3.63) is 29.8 Å². The molecule has 0 saturated heterocycles. The van der Waals surface area contributed by atoms with Gasteiger partial charge in [0.05, 0.1) is 0 Å². The number of carbonyl (C=O) groups excluding carboxylic acids is 1. The SMILES string of the molecule is NC(N)=O.O=C(O)/C=C/c1ccc(O)c(O)c1. The van der Waals surface area contributed by atoms with E-state index in [0.717, 1.165) is 6.08 Å². The van der Waals surface area contributed by atoms with E-state index in [0.29, 0.717) is 5.56 Å². The number of hydrogen-bond acceptors (Lipinski definition) is 4. The van der Waals surface area contributed by atoms with Crippen LogP contribution in [-0.4, -0.2) is 27.3 Å². The highest BCUT2D eigenvalue weighted by atomic mass is 16.4. The van der Waals surface area contributed by atoms with Gasteiger partial charge in [-0.05, 0) is 23.8 Å². The van der Waals surface area contributed by atoms with Crippen molar-refractivity contribution in [3.63, 3.8) is 0 Å². The van der Waals surface area contributed by atoms with E-state index in [1.165, 1.54) is 24.3 Å². The number of carboxylic acid groups (broad SMARTS) is 1. The summed E-state index contributed by atoms with van der Waals surface area (Å²) in [6.45, 7) is 0. The van der Waals surface area contributed by atoms with Gasteiger partial charge in [-0.3, -0.25) is 0 Å². The van der Waals surface area contributed by atoms with Crippen molar-refractivity contribution >= 4 is 18.1 Å². The molecular weight excluding hydrogens is 228 g/mol. The summed E-state index contributed by atoms with van der Waals surface area (Å²) in [5, 5.41) is 26.3. The van der Waals surface area contributed by atoms with Gasteiger partial charge in [0.2, 0.25) is 0 Å². The van der Waals surface area contributed by atoms with Crippen LogP contribution in [0.3, 0.4) is 0 Å². The third-order valence-electron chi connectivity index (χ3n) is 1.42. The van der Waals surface area contributed by atoms with Gasteiger partial charge < -0.3 is 26.8 Å². The van der Waals surface area contributed by atoms with E-state index in [-0.39, 0.29) is 11.5 Å². The van der Waals surface area contributed by atoms with E-state index in [1.54, 1.807) is 0 Å². The zero-order valence-electron chi connectivity index (χ0n) is 8.70. The van der Waals surface area contributed by atoms with Gasteiger partial charge in [-0.2, -0.15) is 0 Å². The van der Waals surface area contributed by atoms with Crippen molar-refractivity contribution in [3.8, 4) is 11.5 Å². The second kappa shape index (κ2) is 6.72. The summed E-state index contributed by atoms with van der Waals surface area (Å²) in [6.07, 6.45) is 2.27. The van der Waals surface area contributed by atoms with Crippen LogP contribution < -0.4 is 11.5 Å². The Kier molecular flexibility index (Phi) is 5.66. The van der Waals surface area contributed by atoms with Crippen molar-refractivity contribution < 1.29 is 24.9 Å². The van der Waals surface area contributed by atoms with Crippen LogP contribution in [-0.2, 0) is 4.79 Å². The summed E-state index contributed by atoms with van der Waals surface area (Å²) in [4.78, 5) is 19.1. The monoisotopic (exact) mass is 240 g/mol. The summed E-state index contributed by atoms with van der Waals surface area (Å²) >= 11 is 0. The maximum absolute atomic E-state index is 10.1. The van der Waals surface area contributed by atoms with Gasteiger partial charge in [-0.25, -0.2) is 9.59 Å². The molecule has 1 aromatic carbocycles. The zero-order valence-corrected chi connectivity index (χ0v) is 8.70. The Hall–Kier alpha value is -2.70. The molecule has 7 nitrogen and oxygen atoms in total. The van der Waals surface area contributed by atoms with Crippen molar-refractivity contribution in [2.75, 3.05) is 0 Å². The smallest absolute Gasteiger partial charge is 0.328 e. The average molecular weight is 240 g/mol. The molecule has 7 N–H and O–H groups in total. The molecule has 0 saturated carbocycles. The summed E-state index contributed by atoms with van der Waals surface area (Å²) < 4.78 is 0. The lowest BCUT2D eigenvalue weighted by atomic mass is 10.2.